The average molecular weight is 403 g/mol. The molecule has 2 aromatic heterocycles. The van der Waals surface area contributed by atoms with Gasteiger partial charge in [-0.2, -0.15) is 0 Å². The van der Waals surface area contributed by atoms with Crippen molar-refractivity contribution in [3.8, 4) is 17.1 Å². The number of benzene rings is 1. The number of nitrogens with one attached hydrogen (secondary N) is 1. The molecule has 3 aromatic rings. The summed E-state index contributed by atoms with van der Waals surface area (Å²) in [5, 5.41) is 10.7. The van der Waals surface area contributed by atoms with Gasteiger partial charge in [-0.05, 0) is 30.7 Å². The van der Waals surface area contributed by atoms with Gasteiger partial charge in [-0.1, -0.05) is 17.3 Å². The van der Waals surface area contributed by atoms with Crippen molar-refractivity contribution in [1.82, 2.24) is 30.2 Å². The second kappa shape index (κ2) is 6.76. The minimum Gasteiger partial charge on any atom is -0.384 e. The number of amides is 3. The number of nitrogens with zero attached hydrogens (tertiary/aromatic N) is 5. The van der Waals surface area contributed by atoms with Crippen LogP contribution in [0.25, 0.3) is 17.1 Å². The van der Waals surface area contributed by atoms with Crippen LogP contribution in [-0.2, 0) is 16.1 Å². The third-order valence-corrected chi connectivity index (χ3v) is 5.33. The van der Waals surface area contributed by atoms with Gasteiger partial charge in [0.25, 0.3) is 5.91 Å². The Balaban J connectivity index is 1.48. The summed E-state index contributed by atoms with van der Waals surface area (Å²) in [5.41, 5.74) is 8.84. The number of carbonyl (C=O) groups is 3. The lowest BCUT2D eigenvalue weighted by Gasteiger charge is -2.29. The molecule has 0 spiro atoms. The van der Waals surface area contributed by atoms with Gasteiger partial charge in [0, 0.05) is 24.1 Å². The molecule has 2 aliphatic rings. The number of aromatic nitrogens is 4. The lowest BCUT2D eigenvalue weighted by Crippen LogP contribution is -2.52. The molecule has 3 amide bonds. The SMILES string of the molecule is Nc1cccc(-c2cn(-c3cccc4c3CN(C3CCC(=O)NC3=O)C4=O)nn2)n1. The summed E-state index contributed by atoms with van der Waals surface area (Å²) in [6.45, 7) is 0.252. The van der Waals surface area contributed by atoms with Gasteiger partial charge in [-0.25, -0.2) is 9.67 Å². The number of nitrogen functional groups attached to an aromatic ring is 1. The fraction of sp³-hybridized carbons (Fsp3) is 0.200. The van der Waals surface area contributed by atoms with Crippen molar-refractivity contribution in [3.05, 3.63) is 53.7 Å². The number of rotatable bonds is 3. The molecule has 0 bridgehead atoms. The summed E-state index contributed by atoms with van der Waals surface area (Å²) in [7, 11) is 0. The van der Waals surface area contributed by atoms with Crippen LogP contribution in [0.1, 0.15) is 28.8 Å². The Morgan fingerprint density at radius 2 is 1.90 bits per heavy atom. The third-order valence-electron chi connectivity index (χ3n) is 5.33. The zero-order valence-corrected chi connectivity index (χ0v) is 15.8. The summed E-state index contributed by atoms with van der Waals surface area (Å²) in [5.74, 6) is -0.608. The first-order valence-electron chi connectivity index (χ1n) is 9.43. The van der Waals surface area contributed by atoms with E-state index < -0.39 is 11.9 Å². The van der Waals surface area contributed by atoms with E-state index in [0.29, 0.717) is 34.9 Å². The number of fused-ring (bicyclic) bond motifs is 1. The number of nitrogens with two attached hydrogens (primary N) is 1. The van der Waals surface area contributed by atoms with Crippen molar-refractivity contribution >= 4 is 23.5 Å². The van der Waals surface area contributed by atoms with Crippen LogP contribution in [0.5, 0.6) is 0 Å². The van der Waals surface area contributed by atoms with Crippen LogP contribution >= 0.6 is 0 Å². The van der Waals surface area contributed by atoms with E-state index in [4.69, 9.17) is 5.73 Å². The molecule has 0 radical (unpaired) electrons. The van der Waals surface area contributed by atoms with E-state index >= 15 is 0 Å². The molecule has 10 nitrogen and oxygen atoms in total. The Bertz CT molecular complexity index is 1200. The lowest BCUT2D eigenvalue weighted by atomic mass is 10.0. The maximum Gasteiger partial charge on any atom is 0.255 e. The van der Waals surface area contributed by atoms with Gasteiger partial charge >= 0.3 is 0 Å². The number of piperidine rings is 1. The topological polar surface area (TPSA) is 136 Å². The Kier molecular flexibility index (Phi) is 4.05. The molecular formula is C20H17N7O3. The molecule has 3 N–H and O–H groups in total. The van der Waals surface area contributed by atoms with E-state index in [0.717, 1.165) is 5.56 Å². The predicted octanol–water partition coefficient (Wildman–Crippen LogP) is 0.672. The molecule has 10 heteroatoms. The van der Waals surface area contributed by atoms with Crippen LogP contribution in [-0.4, -0.2) is 48.6 Å². The van der Waals surface area contributed by atoms with Crippen molar-refractivity contribution < 1.29 is 14.4 Å². The van der Waals surface area contributed by atoms with Gasteiger partial charge in [0.05, 0.1) is 17.6 Å². The van der Waals surface area contributed by atoms with Gasteiger partial charge in [0.1, 0.15) is 17.6 Å². The van der Waals surface area contributed by atoms with E-state index in [1.54, 1.807) is 41.2 Å². The average Bonchev–Trinajstić information content (AvgIpc) is 3.34. The molecule has 150 valence electrons. The van der Waals surface area contributed by atoms with Crippen molar-refractivity contribution in [1.29, 1.82) is 0 Å². The van der Waals surface area contributed by atoms with E-state index in [2.05, 4.69) is 20.6 Å². The monoisotopic (exact) mass is 403 g/mol. The summed E-state index contributed by atoms with van der Waals surface area (Å²) < 4.78 is 1.58. The first-order valence-corrected chi connectivity index (χ1v) is 9.43. The van der Waals surface area contributed by atoms with Crippen molar-refractivity contribution in [2.24, 2.45) is 0 Å². The van der Waals surface area contributed by atoms with Crippen LogP contribution in [0.3, 0.4) is 0 Å². The van der Waals surface area contributed by atoms with Gasteiger partial charge < -0.3 is 10.6 Å². The quantitative estimate of drug-likeness (QED) is 0.614. The second-order valence-corrected chi connectivity index (χ2v) is 7.20. The minimum absolute atomic E-state index is 0.211. The van der Waals surface area contributed by atoms with Gasteiger partial charge in [0.15, 0.2) is 0 Å². The van der Waals surface area contributed by atoms with E-state index in [-0.39, 0.29) is 24.8 Å². The molecule has 1 saturated heterocycles. The van der Waals surface area contributed by atoms with Gasteiger partial charge in [-0.3, -0.25) is 19.7 Å². The Labute approximate surface area is 170 Å². The van der Waals surface area contributed by atoms with E-state index in [1.807, 2.05) is 6.07 Å². The number of imide groups is 1. The van der Waals surface area contributed by atoms with Crippen LogP contribution in [0.4, 0.5) is 5.82 Å². The first-order chi connectivity index (χ1) is 14.5. The van der Waals surface area contributed by atoms with Crippen molar-refractivity contribution in [3.63, 3.8) is 0 Å². The number of hydrogen-bond acceptors (Lipinski definition) is 7. The molecule has 2 aliphatic heterocycles. The largest absolute Gasteiger partial charge is 0.384 e. The molecular weight excluding hydrogens is 386 g/mol. The zero-order valence-electron chi connectivity index (χ0n) is 15.8. The smallest absolute Gasteiger partial charge is 0.255 e. The highest BCUT2D eigenvalue weighted by atomic mass is 16.2. The van der Waals surface area contributed by atoms with Crippen molar-refractivity contribution in [2.75, 3.05) is 5.73 Å². The Morgan fingerprint density at radius 3 is 2.70 bits per heavy atom. The predicted molar refractivity (Wildman–Crippen MR) is 105 cm³/mol. The Hall–Kier alpha value is -4.08. The van der Waals surface area contributed by atoms with E-state index in [1.165, 1.54) is 4.90 Å². The van der Waals surface area contributed by atoms with E-state index in [9.17, 15) is 14.4 Å². The van der Waals surface area contributed by atoms with Crippen LogP contribution in [0.2, 0.25) is 0 Å². The van der Waals surface area contributed by atoms with Gasteiger partial charge in [-0.15, -0.1) is 5.10 Å². The molecule has 0 aliphatic carbocycles. The molecule has 1 atom stereocenters. The number of pyridine rings is 1. The summed E-state index contributed by atoms with van der Waals surface area (Å²) in [6.07, 6.45) is 2.24. The molecule has 1 fully saturated rings. The normalized spacial score (nSPS) is 18.5. The van der Waals surface area contributed by atoms with Gasteiger partial charge in [0.2, 0.25) is 11.8 Å². The molecule has 0 saturated carbocycles. The minimum atomic E-state index is -0.668. The molecule has 1 unspecified atom stereocenters. The molecule has 1 aromatic carbocycles. The highest BCUT2D eigenvalue weighted by molar-refractivity contribution is 6.05. The summed E-state index contributed by atoms with van der Waals surface area (Å²) in [6, 6.07) is 9.92. The van der Waals surface area contributed by atoms with Crippen molar-refractivity contribution in [2.45, 2.75) is 25.4 Å². The number of hydrogen-bond donors (Lipinski definition) is 2. The standard InChI is InChI=1S/C20H17N7O3/c21-17-6-2-4-13(22-17)14-10-27(25-24-14)15-5-1-3-11-12(15)9-26(20(11)30)16-7-8-18(28)23-19(16)29/h1-6,10,16H,7-9H2,(H2,21,22)(H,23,28,29). The fourth-order valence-electron chi connectivity index (χ4n) is 3.88. The van der Waals surface area contributed by atoms with Crippen LogP contribution in [0, 0.1) is 0 Å². The number of carbonyl (C=O) groups excluding carboxylic acids is 3. The fourth-order valence-corrected chi connectivity index (χ4v) is 3.88. The maximum absolute atomic E-state index is 13.0. The summed E-state index contributed by atoms with van der Waals surface area (Å²) in [4.78, 5) is 42.4. The highest BCUT2D eigenvalue weighted by Crippen LogP contribution is 2.31. The van der Waals surface area contributed by atoms with Crippen LogP contribution in [0.15, 0.2) is 42.6 Å². The lowest BCUT2D eigenvalue weighted by molar-refractivity contribution is -0.136. The molecule has 5 rings (SSSR count). The maximum atomic E-state index is 13.0. The summed E-state index contributed by atoms with van der Waals surface area (Å²) >= 11 is 0. The Morgan fingerprint density at radius 1 is 1.07 bits per heavy atom. The third kappa shape index (κ3) is 2.89. The molecule has 4 heterocycles. The zero-order chi connectivity index (χ0) is 20.8. The van der Waals surface area contributed by atoms with Crippen LogP contribution < -0.4 is 11.1 Å². The number of anilines is 1. The molecule has 30 heavy (non-hydrogen) atoms. The first kappa shape index (κ1) is 18.0. The highest BCUT2D eigenvalue weighted by Gasteiger charge is 2.40. The second-order valence-electron chi connectivity index (χ2n) is 7.20.